The van der Waals surface area contributed by atoms with Crippen LogP contribution < -0.4 is 0 Å². The Morgan fingerprint density at radius 3 is 2.41 bits per heavy atom. The number of esters is 2. The van der Waals surface area contributed by atoms with Crippen LogP contribution in [-0.2, 0) is 30.3 Å². The second-order valence-electron chi connectivity index (χ2n) is 6.82. The first-order valence-corrected chi connectivity index (χ1v) is 9.30. The summed E-state index contributed by atoms with van der Waals surface area (Å²) < 4.78 is 36.3. The normalized spacial score (nSPS) is 23.6. The van der Waals surface area contributed by atoms with E-state index in [9.17, 15) is 14.0 Å². The zero-order chi connectivity index (χ0) is 20.8. The third-order valence-corrected chi connectivity index (χ3v) is 4.48. The Labute approximate surface area is 168 Å². The number of hydrogen-bond donors (Lipinski definition) is 0. The van der Waals surface area contributed by atoms with Crippen molar-refractivity contribution in [2.75, 3.05) is 6.61 Å². The highest BCUT2D eigenvalue weighted by atomic mass is 19.1. The number of alkyl halides is 1. The maximum atomic E-state index is 14.9. The highest BCUT2D eigenvalue weighted by molar-refractivity contribution is 5.89. The van der Waals surface area contributed by atoms with Crippen LogP contribution in [0.2, 0.25) is 0 Å². The van der Waals surface area contributed by atoms with Crippen molar-refractivity contribution in [3.8, 4) is 0 Å². The Morgan fingerprint density at radius 2 is 1.76 bits per heavy atom. The van der Waals surface area contributed by atoms with Gasteiger partial charge in [0.05, 0.1) is 12.2 Å². The van der Waals surface area contributed by atoms with Crippen molar-refractivity contribution in [1.29, 1.82) is 0 Å². The summed E-state index contributed by atoms with van der Waals surface area (Å²) in [6.45, 7) is 2.91. The van der Waals surface area contributed by atoms with E-state index in [0.29, 0.717) is 5.56 Å². The van der Waals surface area contributed by atoms with E-state index >= 15 is 0 Å². The Balaban J connectivity index is 1.60. The minimum atomic E-state index is -1.63. The van der Waals surface area contributed by atoms with Gasteiger partial charge in [-0.15, -0.1) is 0 Å². The first-order valence-electron chi connectivity index (χ1n) is 9.30. The van der Waals surface area contributed by atoms with Gasteiger partial charge in [0.2, 0.25) is 6.29 Å². The van der Waals surface area contributed by atoms with Crippen molar-refractivity contribution in [3.63, 3.8) is 0 Å². The van der Waals surface area contributed by atoms with Crippen molar-refractivity contribution < 1.29 is 32.9 Å². The topological polar surface area (TPSA) is 71.1 Å². The minimum Gasteiger partial charge on any atom is -0.459 e. The lowest BCUT2D eigenvalue weighted by Crippen LogP contribution is -2.35. The van der Waals surface area contributed by atoms with Crippen LogP contribution in [0.15, 0.2) is 54.6 Å². The maximum absolute atomic E-state index is 14.9. The van der Waals surface area contributed by atoms with Gasteiger partial charge in [-0.1, -0.05) is 48.0 Å². The number of halogens is 1. The van der Waals surface area contributed by atoms with Crippen LogP contribution in [0.4, 0.5) is 4.39 Å². The Hall–Kier alpha value is -2.77. The average molecular weight is 402 g/mol. The Kier molecular flexibility index (Phi) is 6.95. The fourth-order valence-corrected chi connectivity index (χ4v) is 2.94. The molecule has 2 aromatic rings. The highest BCUT2D eigenvalue weighted by Crippen LogP contribution is 2.29. The molecule has 154 valence electrons. The number of rotatable bonds is 7. The molecule has 0 spiro atoms. The van der Waals surface area contributed by atoms with E-state index in [0.717, 1.165) is 11.1 Å². The molecule has 0 saturated carbocycles. The molecule has 1 aliphatic heterocycles. The van der Waals surface area contributed by atoms with Gasteiger partial charge >= 0.3 is 11.9 Å². The monoisotopic (exact) mass is 402 g/mol. The molecule has 1 fully saturated rings. The van der Waals surface area contributed by atoms with Crippen LogP contribution in [0.25, 0.3) is 0 Å². The van der Waals surface area contributed by atoms with Crippen molar-refractivity contribution in [2.45, 2.75) is 45.1 Å². The van der Waals surface area contributed by atoms with E-state index < -0.39 is 36.6 Å². The second kappa shape index (κ2) is 9.62. The molecule has 0 radical (unpaired) electrons. The lowest BCUT2D eigenvalue weighted by Gasteiger charge is -2.19. The van der Waals surface area contributed by atoms with Gasteiger partial charge in [0.1, 0.15) is 12.7 Å². The van der Waals surface area contributed by atoms with E-state index in [1.807, 2.05) is 37.3 Å². The molecule has 6 nitrogen and oxygen atoms in total. The van der Waals surface area contributed by atoms with Gasteiger partial charge in [-0.2, -0.15) is 0 Å². The average Bonchev–Trinajstić information content (AvgIpc) is 2.99. The van der Waals surface area contributed by atoms with E-state index in [1.165, 1.54) is 6.92 Å². The molecule has 29 heavy (non-hydrogen) atoms. The van der Waals surface area contributed by atoms with Gasteiger partial charge < -0.3 is 18.9 Å². The van der Waals surface area contributed by atoms with Gasteiger partial charge in [0.15, 0.2) is 12.3 Å². The molecule has 0 bridgehead atoms. The van der Waals surface area contributed by atoms with Crippen LogP contribution in [-0.4, -0.2) is 43.2 Å². The summed E-state index contributed by atoms with van der Waals surface area (Å²) in [5.41, 5.74) is 2.21. The fourth-order valence-electron chi connectivity index (χ4n) is 2.94. The number of carbonyl (C=O) groups excluding carboxylic acids is 2. The molecule has 0 aromatic heterocycles. The standard InChI is InChI=1S/C22H23FO6/c1-14-8-10-17(11-9-14)21(25)27-13-18-19(23)20(22(29-18)28-15(2)24)26-12-16-6-4-3-5-7-16/h3-11,18-20,22H,12-13H2,1-2H3/t18-,19-,20-,22?/m1/s1. The van der Waals surface area contributed by atoms with Crippen LogP contribution in [0, 0.1) is 6.92 Å². The first kappa shape index (κ1) is 21.0. The molecule has 1 unspecified atom stereocenters. The van der Waals surface area contributed by atoms with E-state index in [1.54, 1.807) is 24.3 Å². The molecule has 0 N–H and O–H groups in total. The maximum Gasteiger partial charge on any atom is 0.338 e. The van der Waals surface area contributed by atoms with Crippen LogP contribution in [0.5, 0.6) is 0 Å². The highest BCUT2D eigenvalue weighted by Gasteiger charge is 2.48. The van der Waals surface area contributed by atoms with Gasteiger partial charge in [0, 0.05) is 6.92 Å². The van der Waals surface area contributed by atoms with Crippen LogP contribution >= 0.6 is 0 Å². The van der Waals surface area contributed by atoms with E-state index in [4.69, 9.17) is 18.9 Å². The van der Waals surface area contributed by atoms with Crippen molar-refractivity contribution in [2.24, 2.45) is 0 Å². The van der Waals surface area contributed by atoms with Gasteiger partial charge in [-0.05, 0) is 24.6 Å². The predicted octanol–water partition coefficient (Wildman–Crippen LogP) is 3.36. The zero-order valence-electron chi connectivity index (χ0n) is 16.2. The lowest BCUT2D eigenvalue weighted by atomic mass is 10.1. The molecule has 1 aliphatic rings. The summed E-state index contributed by atoms with van der Waals surface area (Å²) in [5.74, 6) is -1.20. The van der Waals surface area contributed by atoms with Gasteiger partial charge in [-0.25, -0.2) is 9.18 Å². The Morgan fingerprint density at radius 1 is 1.07 bits per heavy atom. The number of hydrogen-bond acceptors (Lipinski definition) is 6. The summed E-state index contributed by atoms with van der Waals surface area (Å²) in [7, 11) is 0. The third kappa shape index (κ3) is 5.62. The van der Waals surface area contributed by atoms with Crippen LogP contribution in [0.3, 0.4) is 0 Å². The molecule has 0 aliphatic carbocycles. The molecule has 3 rings (SSSR count). The number of ether oxygens (including phenoxy) is 4. The number of carbonyl (C=O) groups is 2. The van der Waals surface area contributed by atoms with Crippen LogP contribution in [0.1, 0.15) is 28.4 Å². The molecule has 7 heteroatoms. The number of benzene rings is 2. The molecule has 1 saturated heterocycles. The Bertz CT molecular complexity index is 823. The summed E-state index contributed by atoms with van der Waals surface area (Å²) in [4.78, 5) is 23.5. The molecule has 1 heterocycles. The summed E-state index contributed by atoms with van der Waals surface area (Å²) in [6, 6.07) is 16.0. The summed E-state index contributed by atoms with van der Waals surface area (Å²) in [5, 5.41) is 0. The first-order chi connectivity index (χ1) is 13.9. The minimum absolute atomic E-state index is 0.128. The molecule has 0 amide bonds. The SMILES string of the molecule is CC(=O)OC1O[C@H](COC(=O)c2ccc(C)cc2)[C@@H](F)[C@H]1OCc1ccccc1. The lowest BCUT2D eigenvalue weighted by molar-refractivity contribution is -0.194. The summed E-state index contributed by atoms with van der Waals surface area (Å²) in [6.07, 6.45) is -5.07. The van der Waals surface area contributed by atoms with Crippen molar-refractivity contribution in [1.82, 2.24) is 0 Å². The van der Waals surface area contributed by atoms with E-state index in [-0.39, 0.29) is 13.2 Å². The second-order valence-corrected chi connectivity index (χ2v) is 6.82. The van der Waals surface area contributed by atoms with Crippen molar-refractivity contribution >= 4 is 11.9 Å². The molecular formula is C22H23FO6. The van der Waals surface area contributed by atoms with Gasteiger partial charge in [0.25, 0.3) is 0 Å². The molecule has 4 atom stereocenters. The van der Waals surface area contributed by atoms with E-state index in [2.05, 4.69) is 0 Å². The third-order valence-electron chi connectivity index (χ3n) is 4.48. The quantitative estimate of drug-likeness (QED) is 0.662. The summed E-state index contributed by atoms with van der Waals surface area (Å²) >= 11 is 0. The fraction of sp³-hybridized carbons (Fsp3) is 0.364. The smallest absolute Gasteiger partial charge is 0.338 e. The number of aryl methyl sites for hydroxylation is 1. The predicted molar refractivity (Wildman–Crippen MR) is 102 cm³/mol. The van der Waals surface area contributed by atoms with Gasteiger partial charge in [-0.3, -0.25) is 4.79 Å². The zero-order valence-corrected chi connectivity index (χ0v) is 16.2. The van der Waals surface area contributed by atoms with Crippen molar-refractivity contribution in [3.05, 3.63) is 71.3 Å². The molecular weight excluding hydrogens is 379 g/mol. The largest absolute Gasteiger partial charge is 0.459 e. The molecule has 2 aromatic carbocycles.